The summed E-state index contributed by atoms with van der Waals surface area (Å²) < 4.78 is 5.11. The molecule has 1 heterocycles. The molecule has 0 radical (unpaired) electrons. The highest BCUT2D eigenvalue weighted by Crippen LogP contribution is 2.28. The number of anilines is 2. The predicted octanol–water partition coefficient (Wildman–Crippen LogP) is 1.28. The summed E-state index contributed by atoms with van der Waals surface area (Å²) in [5, 5.41) is 3.19. The molecule has 0 amide bonds. The van der Waals surface area contributed by atoms with Crippen molar-refractivity contribution in [3.63, 3.8) is 0 Å². The highest BCUT2D eigenvalue weighted by Gasteiger charge is 2.15. The molecule has 5 nitrogen and oxygen atoms in total. The Kier molecular flexibility index (Phi) is 2.78. The van der Waals surface area contributed by atoms with E-state index in [2.05, 4.69) is 15.3 Å². The number of nitrogens with two attached hydrogens (primary N) is 1. The second kappa shape index (κ2) is 3.69. The molecule has 0 atom stereocenters. The molecule has 0 bridgehead atoms. The maximum absolute atomic E-state index is 5.63. The lowest BCUT2D eigenvalue weighted by molar-refractivity contribution is 0.413. The Balaban J connectivity index is 3.02. The summed E-state index contributed by atoms with van der Waals surface area (Å²) in [6, 6.07) is 0. The van der Waals surface area contributed by atoms with E-state index >= 15 is 0 Å². The normalized spacial score (nSPS) is 11.1. The second-order valence-electron chi connectivity index (χ2n) is 4.02. The average molecular weight is 196 g/mol. The molecular weight excluding hydrogens is 180 g/mol. The molecule has 1 rings (SSSR count). The summed E-state index contributed by atoms with van der Waals surface area (Å²) >= 11 is 0. The molecule has 0 aliphatic rings. The first kappa shape index (κ1) is 10.6. The van der Waals surface area contributed by atoms with Crippen LogP contribution >= 0.6 is 0 Å². The SMILES string of the molecule is COc1c(N)ncnc1NC(C)(C)C. The van der Waals surface area contributed by atoms with Crippen LogP contribution in [-0.2, 0) is 0 Å². The Morgan fingerprint density at radius 3 is 2.50 bits per heavy atom. The molecule has 14 heavy (non-hydrogen) atoms. The van der Waals surface area contributed by atoms with Gasteiger partial charge in [-0.05, 0) is 20.8 Å². The van der Waals surface area contributed by atoms with Gasteiger partial charge in [-0.2, -0.15) is 0 Å². The third-order valence-electron chi connectivity index (χ3n) is 1.53. The van der Waals surface area contributed by atoms with Crippen LogP contribution in [0.2, 0.25) is 0 Å². The van der Waals surface area contributed by atoms with Crippen LogP contribution in [0.25, 0.3) is 0 Å². The van der Waals surface area contributed by atoms with E-state index in [1.807, 2.05) is 20.8 Å². The largest absolute Gasteiger partial charge is 0.490 e. The summed E-state index contributed by atoms with van der Waals surface area (Å²) in [5.74, 6) is 1.45. The highest BCUT2D eigenvalue weighted by molar-refractivity contribution is 5.61. The Labute approximate surface area is 83.7 Å². The lowest BCUT2D eigenvalue weighted by Gasteiger charge is -2.22. The lowest BCUT2D eigenvalue weighted by Crippen LogP contribution is -2.27. The van der Waals surface area contributed by atoms with Gasteiger partial charge in [-0.1, -0.05) is 0 Å². The van der Waals surface area contributed by atoms with Crippen LogP contribution in [0.5, 0.6) is 5.75 Å². The molecule has 0 unspecified atom stereocenters. The van der Waals surface area contributed by atoms with Crippen LogP contribution in [0.3, 0.4) is 0 Å². The molecule has 0 spiro atoms. The van der Waals surface area contributed by atoms with E-state index in [1.165, 1.54) is 6.33 Å². The van der Waals surface area contributed by atoms with Gasteiger partial charge in [0.05, 0.1) is 7.11 Å². The van der Waals surface area contributed by atoms with Crippen LogP contribution in [0, 0.1) is 0 Å². The third-order valence-corrected chi connectivity index (χ3v) is 1.53. The van der Waals surface area contributed by atoms with E-state index in [9.17, 15) is 0 Å². The van der Waals surface area contributed by atoms with Crippen LogP contribution in [0.4, 0.5) is 11.6 Å². The lowest BCUT2D eigenvalue weighted by atomic mass is 10.1. The Hall–Kier alpha value is -1.52. The zero-order valence-electron chi connectivity index (χ0n) is 8.96. The van der Waals surface area contributed by atoms with Crippen molar-refractivity contribution in [2.24, 2.45) is 0 Å². The summed E-state index contributed by atoms with van der Waals surface area (Å²) in [4.78, 5) is 7.91. The van der Waals surface area contributed by atoms with Gasteiger partial charge < -0.3 is 15.8 Å². The molecule has 0 aromatic carbocycles. The van der Waals surface area contributed by atoms with Crippen molar-refractivity contribution >= 4 is 11.6 Å². The molecule has 0 fully saturated rings. The average Bonchev–Trinajstić information content (AvgIpc) is 2.01. The van der Waals surface area contributed by atoms with Crippen molar-refractivity contribution < 1.29 is 4.74 Å². The van der Waals surface area contributed by atoms with Crippen LogP contribution in [0.15, 0.2) is 6.33 Å². The minimum atomic E-state index is -0.0892. The summed E-state index contributed by atoms with van der Waals surface area (Å²) in [6.07, 6.45) is 1.41. The smallest absolute Gasteiger partial charge is 0.203 e. The maximum Gasteiger partial charge on any atom is 0.203 e. The van der Waals surface area contributed by atoms with Crippen LogP contribution < -0.4 is 15.8 Å². The van der Waals surface area contributed by atoms with E-state index in [0.29, 0.717) is 17.4 Å². The number of hydrogen-bond donors (Lipinski definition) is 2. The van der Waals surface area contributed by atoms with Gasteiger partial charge in [0.25, 0.3) is 0 Å². The van der Waals surface area contributed by atoms with Gasteiger partial charge in [0, 0.05) is 5.54 Å². The van der Waals surface area contributed by atoms with Crippen molar-refractivity contribution in [3.8, 4) is 5.75 Å². The first-order valence-electron chi connectivity index (χ1n) is 4.36. The number of ether oxygens (including phenoxy) is 1. The number of nitrogens with zero attached hydrogens (tertiary/aromatic N) is 2. The zero-order valence-corrected chi connectivity index (χ0v) is 8.96. The van der Waals surface area contributed by atoms with Crippen LogP contribution in [-0.4, -0.2) is 22.6 Å². The maximum atomic E-state index is 5.63. The highest BCUT2D eigenvalue weighted by atomic mass is 16.5. The fourth-order valence-corrected chi connectivity index (χ4v) is 1.03. The van der Waals surface area contributed by atoms with Gasteiger partial charge in [-0.25, -0.2) is 9.97 Å². The van der Waals surface area contributed by atoms with E-state index in [-0.39, 0.29) is 5.54 Å². The molecular formula is C9H16N4O. The molecule has 1 aromatic rings. The fourth-order valence-electron chi connectivity index (χ4n) is 1.03. The third kappa shape index (κ3) is 2.48. The van der Waals surface area contributed by atoms with Gasteiger partial charge in [-0.3, -0.25) is 0 Å². The fraction of sp³-hybridized carbons (Fsp3) is 0.556. The van der Waals surface area contributed by atoms with Gasteiger partial charge in [0.2, 0.25) is 5.75 Å². The first-order valence-corrected chi connectivity index (χ1v) is 4.36. The number of hydrogen-bond acceptors (Lipinski definition) is 5. The van der Waals surface area contributed by atoms with Crippen LogP contribution in [0.1, 0.15) is 20.8 Å². The number of aromatic nitrogens is 2. The van der Waals surface area contributed by atoms with Crippen molar-refractivity contribution in [1.29, 1.82) is 0 Å². The Morgan fingerprint density at radius 1 is 1.36 bits per heavy atom. The molecule has 78 valence electrons. The zero-order chi connectivity index (χ0) is 10.8. The van der Waals surface area contributed by atoms with Crippen molar-refractivity contribution in [2.75, 3.05) is 18.2 Å². The number of nitrogens with one attached hydrogen (secondary N) is 1. The molecule has 3 N–H and O–H groups in total. The molecule has 5 heteroatoms. The molecule has 0 saturated carbocycles. The van der Waals surface area contributed by atoms with Crippen molar-refractivity contribution in [2.45, 2.75) is 26.3 Å². The van der Waals surface area contributed by atoms with E-state index in [0.717, 1.165) is 0 Å². The summed E-state index contributed by atoms with van der Waals surface area (Å²) in [5.41, 5.74) is 5.55. The Morgan fingerprint density at radius 2 is 2.00 bits per heavy atom. The summed E-state index contributed by atoms with van der Waals surface area (Å²) in [7, 11) is 1.54. The molecule has 0 aliphatic heterocycles. The summed E-state index contributed by atoms with van der Waals surface area (Å²) in [6.45, 7) is 6.10. The number of rotatable bonds is 2. The number of nitrogen functional groups attached to an aromatic ring is 1. The van der Waals surface area contributed by atoms with Gasteiger partial charge in [0.1, 0.15) is 6.33 Å². The van der Waals surface area contributed by atoms with Gasteiger partial charge in [0.15, 0.2) is 11.6 Å². The van der Waals surface area contributed by atoms with Gasteiger partial charge >= 0.3 is 0 Å². The van der Waals surface area contributed by atoms with E-state index in [1.54, 1.807) is 7.11 Å². The van der Waals surface area contributed by atoms with E-state index in [4.69, 9.17) is 10.5 Å². The first-order chi connectivity index (χ1) is 6.44. The molecule has 0 saturated heterocycles. The second-order valence-corrected chi connectivity index (χ2v) is 4.02. The standard InChI is InChI=1S/C9H16N4O/c1-9(2,3)13-8-6(14-4)7(10)11-5-12-8/h5H,1-4H3,(H3,10,11,12,13). The van der Waals surface area contributed by atoms with Crippen molar-refractivity contribution in [3.05, 3.63) is 6.33 Å². The van der Waals surface area contributed by atoms with Gasteiger partial charge in [-0.15, -0.1) is 0 Å². The quantitative estimate of drug-likeness (QED) is 0.745. The predicted molar refractivity (Wildman–Crippen MR) is 56.4 cm³/mol. The van der Waals surface area contributed by atoms with E-state index < -0.39 is 0 Å². The Bertz CT molecular complexity index is 319. The molecule has 1 aromatic heterocycles. The minimum absolute atomic E-state index is 0.0892. The topological polar surface area (TPSA) is 73.1 Å². The minimum Gasteiger partial charge on any atom is -0.490 e. The number of methoxy groups -OCH3 is 1. The molecule has 0 aliphatic carbocycles. The van der Waals surface area contributed by atoms with Crippen molar-refractivity contribution in [1.82, 2.24) is 9.97 Å². The monoisotopic (exact) mass is 196 g/mol.